The third-order valence-electron chi connectivity index (χ3n) is 2.48. The van der Waals surface area contributed by atoms with Crippen LogP contribution in [0.25, 0.3) is 0 Å². The summed E-state index contributed by atoms with van der Waals surface area (Å²) >= 11 is 24.4. The lowest BCUT2D eigenvalue weighted by atomic mass is 10.2. The fourth-order valence-electron chi connectivity index (χ4n) is 1.52. The lowest BCUT2D eigenvalue weighted by Gasteiger charge is -2.11. The SMILES string of the molecule is N#Cc1c(Cl)cc(Cl)c(O)c1Sc1cc(Cl)cc(Cl)c1O. The number of hydrogen-bond donors (Lipinski definition) is 2. The normalized spacial score (nSPS) is 10.4. The van der Waals surface area contributed by atoms with Gasteiger partial charge in [-0.3, -0.25) is 0 Å². The predicted octanol–water partition coefficient (Wildman–Crippen LogP) is 5.73. The van der Waals surface area contributed by atoms with Gasteiger partial charge >= 0.3 is 0 Å². The summed E-state index contributed by atoms with van der Waals surface area (Å²) in [6.45, 7) is 0. The Hall–Kier alpha value is -0.960. The van der Waals surface area contributed by atoms with Crippen LogP contribution in [0.1, 0.15) is 5.56 Å². The van der Waals surface area contributed by atoms with Crippen molar-refractivity contribution in [2.75, 3.05) is 0 Å². The van der Waals surface area contributed by atoms with Crippen molar-refractivity contribution in [3.63, 3.8) is 0 Å². The van der Waals surface area contributed by atoms with Gasteiger partial charge in [-0.1, -0.05) is 58.2 Å². The first-order valence-corrected chi connectivity index (χ1v) is 7.65. The van der Waals surface area contributed by atoms with Crippen molar-refractivity contribution in [3.05, 3.63) is 43.9 Å². The number of hydrogen-bond acceptors (Lipinski definition) is 4. The zero-order valence-corrected chi connectivity index (χ0v) is 13.8. The second kappa shape index (κ2) is 6.43. The van der Waals surface area contributed by atoms with E-state index in [2.05, 4.69) is 0 Å². The molecule has 0 radical (unpaired) electrons. The Balaban J connectivity index is 2.63. The molecule has 0 saturated carbocycles. The molecule has 2 N–H and O–H groups in total. The molecule has 0 fully saturated rings. The predicted molar refractivity (Wildman–Crippen MR) is 85.1 cm³/mol. The second-order valence-corrected chi connectivity index (χ2v) is 6.55. The van der Waals surface area contributed by atoms with Crippen molar-refractivity contribution in [1.29, 1.82) is 5.26 Å². The molecule has 0 heterocycles. The lowest BCUT2D eigenvalue weighted by Crippen LogP contribution is -1.87. The first-order valence-electron chi connectivity index (χ1n) is 5.32. The summed E-state index contributed by atoms with van der Waals surface area (Å²) in [5, 5.41) is 29.5. The van der Waals surface area contributed by atoms with Crippen molar-refractivity contribution in [1.82, 2.24) is 0 Å². The molecule has 0 saturated heterocycles. The Labute approximate surface area is 144 Å². The average molecular weight is 381 g/mol. The van der Waals surface area contributed by atoms with E-state index >= 15 is 0 Å². The Morgan fingerprint density at radius 2 is 1.52 bits per heavy atom. The van der Waals surface area contributed by atoms with Crippen molar-refractivity contribution in [2.45, 2.75) is 9.79 Å². The van der Waals surface area contributed by atoms with Gasteiger partial charge in [0.2, 0.25) is 0 Å². The highest BCUT2D eigenvalue weighted by Crippen LogP contribution is 2.47. The average Bonchev–Trinajstić information content (AvgIpc) is 2.41. The summed E-state index contributed by atoms with van der Waals surface area (Å²) in [5.74, 6) is -0.524. The highest BCUT2D eigenvalue weighted by Gasteiger charge is 2.19. The number of nitrogens with zero attached hydrogens (tertiary/aromatic N) is 1. The zero-order chi connectivity index (χ0) is 15.7. The molecule has 21 heavy (non-hydrogen) atoms. The summed E-state index contributed by atoms with van der Waals surface area (Å²) in [4.78, 5) is 0.376. The molecule has 3 nitrogen and oxygen atoms in total. The molecule has 0 amide bonds. The van der Waals surface area contributed by atoms with E-state index in [1.165, 1.54) is 18.2 Å². The van der Waals surface area contributed by atoms with Crippen LogP contribution >= 0.6 is 58.2 Å². The van der Waals surface area contributed by atoms with E-state index in [4.69, 9.17) is 51.7 Å². The van der Waals surface area contributed by atoms with Gasteiger partial charge in [0.1, 0.15) is 17.6 Å². The maximum absolute atomic E-state index is 10.0. The summed E-state index contributed by atoms with van der Waals surface area (Å²) in [6.07, 6.45) is 0. The maximum Gasteiger partial charge on any atom is 0.149 e. The van der Waals surface area contributed by atoms with Gasteiger partial charge in [0, 0.05) is 5.02 Å². The van der Waals surface area contributed by atoms with Gasteiger partial charge in [-0.05, 0) is 18.2 Å². The Kier molecular flexibility index (Phi) is 5.03. The molecule has 0 aliphatic heterocycles. The number of phenolic OH excluding ortho intramolecular Hbond substituents is 2. The van der Waals surface area contributed by atoms with E-state index in [1.54, 1.807) is 0 Å². The van der Waals surface area contributed by atoms with Crippen LogP contribution in [0.4, 0.5) is 0 Å². The van der Waals surface area contributed by atoms with Gasteiger partial charge in [-0.15, -0.1) is 0 Å². The van der Waals surface area contributed by atoms with Crippen molar-refractivity contribution >= 4 is 58.2 Å². The summed E-state index contributed by atoms with van der Waals surface area (Å²) in [5.41, 5.74) is 0.0408. The van der Waals surface area contributed by atoms with E-state index in [0.29, 0.717) is 5.02 Å². The molecule has 0 aliphatic carbocycles. The van der Waals surface area contributed by atoms with E-state index in [-0.39, 0.29) is 41.9 Å². The summed E-state index contributed by atoms with van der Waals surface area (Å²) < 4.78 is 0. The van der Waals surface area contributed by atoms with Crippen LogP contribution in [0, 0.1) is 11.3 Å². The number of rotatable bonds is 2. The minimum Gasteiger partial charge on any atom is -0.505 e. The zero-order valence-electron chi connectivity index (χ0n) is 9.99. The Morgan fingerprint density at radius 1 is 0.905 bits per heavy atom. The largest absolute Gasteiger partial charge is 0.505 e. The summed E-state index contributed by atoms with van der Waals surface area (Å²) in [6, 6.07) is 5.97. The fraction of sp³-hybridized carbons (Fsp3) is 0. The number of halogens is 4. The molecular weight excluding hydrogens is 376 g/mol. The quantitative estimate of drug-likeness (QED) is 0.697. The minimum absolute atomic E-state index is 0.00545. The van der Waals surface area contributed by atoms with Crippen molar-refractivity contribution < 1.29 is 10.2 Å². The van der Waals surface area contributed by atoms with Gasteiger partial charge in [-0.25, -0.2) is 0 Å². The fourth-order valence-corrected chi connectivity index (χ4v) is 3.83. The second-order valence-electron chi connectivity index (χ2n) is 3.84. The lowest BCUT2D eigenvalue weighted by molar-refractivity contribution is 0.460. The molecule has 2 rings (SSSR count). The van der Waals surface area contributed by atoms with Crippen molar-refractivity contribution in [3.8, 4) is 17.6 Å². The number of nitriles is 1. The van der Waals surface area contributed by atoms with Gasteiger partial charge in [-0.2, -0.15) is 5.26 Å². The van der Waals surface area contributed by atoms with Gasteiger partial charge in [0.05, 0.1) is 30.4 Å². The first-order chi connectivity index (χ1) is 9.85. The van der Waals surface area contributed by atoms with E-state index < -0.39 is 0 Å². The summed E-state index contributed by atoms with van der Waals surface area (Å²) in [7, 11) is 0. The van der Waals surface area contributed by atoms with E-state index in [0.717, 1.165) is 11.8 Å². The van der Waals surface area contributed by atoms with E-state index in [9.17, 15) is 10.2 Å². The van der Waals surface area contributed by atoms with E-state index in [1.807, 2.05) is 6.07 Å². The molecule has 8 heteroatoms. The molecule has 0 unspecified atom stereocenters. The topological polar surface area (TPSA) is 64.2 Å². The third kappa shape index (κ3) is 3.28. The Bertz CT molecular complexity index is 774. The molecule has 0 spiro atoms. The standard InChI is InChI=1S/C13H5Cl4NO2S/c14-5-1-8(16)11(19)10(2-5)21-13-6(4-18)7(15)3-9(17)12(13)20/h1-3,19-20H. The monoisotopic (exact) mass is 379 g/mol. The van der Waals surface area contributed by atoms with Crippen LogP contribution in [0.2, 0.25) is 20.1 Å². The molecule has 2 aromatic carbocycles. The molecule has 108 valence electrons. The highest BCUT2D eigenvalue weighted by atomic mass is 35.5. The van der Waals surface area contributed by atoms with Gasteiger partial charge < -0.3 is 10.2 Å². The minimum atomic E-state index is -0.307. The van der Waals surface area contributed by atoms with Crippen LogP contribution in [0.15, 0.2) is 28.0 Å². The molecule has 0 aliphatic rings. The van der Waals surface area contributed by atoms with Crippen LogP contribution in [0.5, 0.6) is 11.5 Å². The Morgan fingerprint density at radius 3 is 2.14 bits per heavy atom. The van der Waals surface area contributed by atoms with Crippen LogP contribution in [-0.2, 0) is 0 Å². The molecule has 0 bridgehead atoms. The molecule has 2 aromatic rings. The smallest absolute Gasteiger partial charge is 0.149 e. The maximum atomic E-state index is 10.0. The highest BCUT2D eigenvalue weighted by molar-refractivity contribution is 7.99. The van der Waals surface area contributed by atoms with Gasteiger partial charge in [0.25, 0.3) is 0 Å². The van der Waals surface area contributed by atoms with Crippen LogP contribution in [0.3, 0.4) is 0 Å². The van der Waals surface area contributed by atoms with Crippen LogP contribution in [-0.4, -0.2) is 10.2 Å². The third-order valence-corrected chi connectivity index (χ3v) is 4.70. The first kappa shape index (κ1) is 16.4. The van der Waals surface area contributed by atoms with Crippen LogP contribution < -0.4 is 0 Å². The number of phenols is 2. The molecular formula is C13H5Cl4NO2S. The molecule has 0 atom stereocenters. The number of benzene rings is 2. The molecule has 0 aromatic heterocycles. The number of aromatic hydroxyl groups is 2. The van der Waals surface area contributed by atoms with Gasteiger partial charge in [0.15, 0.2) is 0 Å². The van der Waals surface area contributed by atoms with Crippen molar-refractivity contribution in [2.24, 2.45) is 0 Å².